The highest BCUT2D eigenvalue weighted by Crippen LogP contribution is 2.34. The van der Waals surface area contributed by atoms with Gasteiger partial charge >= 0.3 is 0 Å². The zero-order chi connectivity index (χ0) is 15.6. The average Bonchev–Trinajstić information content (AvgIpc) is 3.20. The van der Waals surface area contributed by atoms with Crippen molar-refractivity contribution in [3.63, 3.8) is 0 Å². The second-order valence-electron chi connectivity index (χ2n) is 5.82. The second-order valence-corrected chi connectivity index (χ2v) is 6.80. The third kappa shape index (κ3) is 3.08. The van der Waals surface area contributed by atoms with E-state index >= 15 is 0 Å². The maximum atomic E-state index is 13.8. The molecule has 1 saturated heterocycles. The zero-order valence-corrected chi connectivity index (χ0v) is 13.4. The molecule has 7 heteroatoms. The van der Waals surface area contributed by atoms with Crippen LogP contribution in [-0.4, -0.2) is 46.3 Å². The monoisotopic (exact) mass is 335 g/mol. The van der Waals surface area contributed by atoms with Gasteiger partial charge in [-0.3, -0.25) is 4.90 Å². The molecule has 0 aromatic carbocycles. The lowest BCUT2D eigenvalue weighted by Gasteiger charge is -2.38. The Balaban J connectivity index is 1.46. The molecule has 2 fully saturated rings. The normalized spacial score (nSPS) is 27.8. The van der Waals surface area contributed by atoms with E-state index in [9.17, 15) is 4.39 Å². The molecule has 3 heterocycles. The summed E-state index contributed by atoms with van der Waals surface area (Å²) in [6.07, 6.45) is 5.02. The summed E-state index contributed by atoms with van der Waals surface area (Å²) in [5.74, 6) is -0.356. The van der Waals surface area contributed by atoms with Crippen LogP contribution in [0, 0.1) is 5.82 Å². The van der Waals surface area contributed by atoms with Gasteiger partial charge in [-0.05, 0) is 25.0 Å². The van der Waals surface area contributed by atoms with Gasteiger partial charge in [0.1, 0.15) is 17.2 Å². The standard InChI is InChI=1S/C16H18FN3O2S/c17-11-2-1-5-19-16(11)22-13-4-3-12-15(13)21-8-7-20(12)10-14-18-6-9-23-14/h1-2,5-6,9,12-13,15H,3-4,7-8,10H2/t12-,13+,15+/m0/s1. The Hall–Kier alpha value is -1.57. The van der Waals surface area contributed by atoms with Gasteiger partial charge in [0.15, 0.2) is 5.82 Å². The summed E-state index contributed by atoms with van der Waals surface area (Å²) in [5, 5.41) is 3.11. The Morgan fingerprint density at radius 3 is 3.13 bits per heavy atom. The van der Waals surface area contributed by atoms with Gasteiger partial charge in [0.25, 0.3) is 5.88 Å². The number of ether oxygens (including phenoxy) is 2. The van der Waals surface area contributed by atoms with Crippen LogP contribution >= 0.6 is 11.3 Å². The van der Waals surface area contributed by atoms with Crippen molar-refractivity contribution >= 4 is 11.3 Å². The van der Waals surface area contributed by atoms with Crippen LogP contribution in [-0.2, 0) is 11.3 Å². The molecule has 0 bridgehead atoms. The zero-order valence-electron chi connectivity index (χ0n) is 12.6. The lowest BCUT2D eigenvalue weighted by Crippen LogP contribution is -2.51. The van der Waals surface area contributed by atoms with Crippen molar-refractivity contribution < 1.29 is 13.9 Å². The highest BCUT2D eigenvalue weighted by Gasteiger charge is 2.44. The topological polar surface area (TPSA) is 47.5 Å². The Bertz CT molecular complexity index is 655. The lowest BCUT2D eigenvalue weighted by molar-refractivity contribution is -0.0927. The Morgan fingerprint density at radius 1 is 1.35 bits per heavy atom. The van der Waals surface area contributed by atoms with E-state index in [4.69, 9.17) is 9.47 Å². The molecule has 3 atom stereocenters. The van der Waals surface area contributed by atoms with Crippen molar-refractivity contribution in [1.29, 1.82) is 0 Å². The Labute approximate surface area is 138 Å². The minimum atomic E-state index is -0.425. The van der Waals surface area contributed by atoms with Crippen molar-refractivity contribution in [2.45, 2.75) is 37.6 Å². The van der Waals surface area contributed by atoms with Gasteiger partial charge in [0.05, 0.1) is 13.2 Å². The first-order valence-electron chi connectivity index (χ1n) is 7.82. The van der Waals surface area contributed by atoms with E-state index in [1.165, 1.54) is 6.07 Å². The summed E-state index contributed by atoms with van der Waals surface area (Å²) in [6.45, 7) is 2.40. The molecule has 0 unspecified atom stereocenters. The Kier molecular flexibility index (Phi) is 4.24. The van der Waals surface area contributed by atoms with Crippen LogP contribution in [0.1, 0.15) is 17.8 Å². The summed E-state index contributed by atoms with van der Waals surface area (Å²) < 4.78 is 25.5. The number of fused-ring (bicyclic) bond motifs is 1. The molecule has 5 nitrogen and oxygen atoms in total. The molecule has 2 aromatic heterocycles. The summed E-state index contributed by atoms with van der Waals surface area (Å²) in [6, 6.07) is 3.22. The number of rotatable bonds is 4. The highest BCUT2D eigenvalue weighted by atomic mass is 32.1. The van der Waals surface area contributed by atoms with Crippen LogP contribution < -0.4 is 4.74 Å². The summed E-state index contributed by atoms with van der Waals surface area (Å²) in [7, 11) is 0. The molecule has 0 radical (unpaired) electrons. The second kappa shape index (κ2) is 6.51. The van der Waals surface area contributed by atoms with Crippen LogP contribution in [0.15, 0.2) is 29.9 Å². The number of thiazole rings is 1. The third-order valence-electron chi connectivity index (χ3n) is 4.46. The van der Waals surface area contributed by atoms with Crippen molar-refractivity contribution in [2.24, 2.45) is 0 Å². The van der Waals surface area contributed by atoms with Crippen LogP contribution in [0.5, 0.6) is 5.88 Å². The van der Waals surface area contributed by atoms with Crippen molar-refractivity contribution in [2.75, 3.05) is 13.2 Å². The van der Waals surface area contributed by atoms with Crippen molar-refractivity contribution in [3.8, 4) is 5.88 Å². The maximum Gasteiger partial charge on any atom is 0.250 e. The van der Waals surface area contributed by atoms with E-state index in [2.05, 4.69) is 14.9 Å². The molecule has 4 rings (SSSR count). The van der Waals surface area contributed by atoms with Crippen LogP contribution in [0.3, 0.4) is 0 Å². The molecule has 122 valence electrons. The van der Waals surface area contributed by atoms with Crippen LogP contribution in [0.25, 0.3) is 0 Å². The molecule has 23 heavy (non-hydrogen) atoms. The van der Waals surface area contributed by atoms with Gasteiger partial charge in [-0.2, -0.15) is 0 Å². The van der Waals surface area contributed by atoms with E-state index < -0.39 is 5.82 Å². The molecular formula is C16H18FN3O2S. The van der Waals surface area contributed by atoms with Gasteiger partial charge < -0.3 is 9.47 Å². The number of pyridine rings is 1. The minimum Gasteiger partial charge on any atom is -0.469 e. The summed E-state index contributed by atoms with van der Waals surface area (Å²) in [4.78, 5) is 10.8. The van der Waals surface area contributed by atoms with Crippen LogP contribution in [0.4, 0.5) is 4.39 Å². The number of halogens is 1. The van der Waals surface area contributed by atoms with Gasteiger partial charge in [-0.15, -0.1) is 11.3 Å². The molecule has 1 aliphatic carbocycles. The summed E-state index contributed by atoms with van der Waals surface area (Å²) >= 11 is 1.67. The van der Waals surface area contributed by atoms with Gasteiger partial charge in [0.2, 0.25) is 0 Å². The van der Waals surface area contributed by atoms with E-state index in [1.54, 1.807) is 23.6 Å². The van der Waals surface area contributed by atoms with E-state index in [-0.39, 0.29) is 18.1 Å². The first kappa shape index (κ1) is 15.0. The fourth-order valence-electron chi connectivity index (χ4n) is 3.42. The molecule has 2 aromatic rings. The molecule has 0 amide bonds. The first-order chi connectivity index (χ1) is 11.3. The average molecular weight is 335 g/mol. The highest BCUT2D eigenvalue weighted by molar-refractivity contribution is 7.09. The first-order valence-corrected chi connectivity index (χ1v) is 8.70. The SMILES string of the molecule is Fc1cccnc1O[C@@H]1CC[C@H]2[C@H]1OCCN2Cc1nccs1. The quantitative estimate of drug-likeness (QED) is 0.859. The minimum absolute atomic E-state index is 0.0369. The molecule has 1 aliphatic heterocycles. The third-order valence-corrected chi connectivity index (χ3v) is 5.22. The maximum absolute atomic E-state index is 13.8. The smallest absolute Gasteiger partial charge is 0.250 e. The predicted octanol–water partition coefficient (Wildman–Crippen LogP) is 2.49. The fraction of sp³-hybridized carbons (Fsp3) is 0.500. The van der Waals surface area contributed by atoms with Crippen molar-refractivity contribution in [1.82, 2.24) is 14.9 Å². The molecule has 0 spiro atoms. The van der Waals surface area contributed by atoms with E-state index in [1.807, 2.05) is 11.6 Å². The van der Waals surface area contributed by atoms with Crippen molar-refractivity contribution in [3.05, 3.63) is 40.7 Å². The molecule has 0 N–H and O–H groups in total. The predicted molar refractivity (Wildman–Crippen MR) is 83.9 cm³/mol. The fourth-order valence-corrected chi connectivity index (χ4v) is 4.06. The largest absolute Gasteiger partial charge is 0.469 e. The number of morpholine rings is 1. The number of hydrogen-bond donors (Lipinski definition) is 0. The van der Waals surface area contributed by atoms with E-state index in [0.717, 1.165) is 30.9 Å². The number of aromatic nitrogens is 2. The molecular weight excluding hydrogens is 317 g/mol. The molecule has 1 saturated carbocycles. The van der Waals surface area contributed by atoms with Gasteiger partial charge in [0, 0.05) is 30.4 Å². The summed E-state index contributed by atoms with van der Waals surface area (Å²) in [5.41, 5.74) is 0. The van der Waals surface area contributed by atoms with Gasteiger partial charge in [-0.1, -0.05) is 0 Å². The molecule has 2 aliphatic rings. The van der Waals surface area contributed by atoms with E-state index in [0.29, 0.717) is 12.6 Å². The van der Waals surface area contributed by atoms with Crippen LogP contribution in [0.2, 0.25) is 0 Å². The lowest BCUT2D eigenvalue weighted by atomic mass is 10.1. The number of hydrogen-bond acceptors (Lipinski definition) is 6. The van der Waals surface area contributed by atoms with Gasteiger partial charge in [-0.25, -0.2) is 14.4 Å². The Morgan fingerprint density at radius 2 is 2.30 bits per heavy atom. The number of nitrogens with zero attached hydrogens (tertiary/aromatic N) is 3.